The molecule has 15 nitrogen and oxygen atoms in total. The van der Waals surface area contributed by atoms with Crippen molar-refractivity contribution >= 4 is 69.8 Å². The first-order valence-corrected chi connectivity index (χ1v) is 13.6. The highest BCUT2D eigenvalue weighted by Crippen LogP contribution is 2.44. The lowest BCUT2D eigenvalue weighted by Gasteiger charge is -2.12. The molecule has 192 valence electrons. The number of nitrogens with two attached hydrogens (primary N) is 1. The molecule has 0 aliphatic rings. The molecule has 3 aromatic rings. The quantitative estimate of drug-likeness (QED) is 0.144. The monoisotopic (exact) mass is 560 g/mol. The number of nitrogens with one attached hydrogen (secondary N) is 1. The molecule has 3 rings (SSSR count). The average molecular weight is 561 g/mol. The van der Waals surface area contributed by atoms with Gasteiger partial charge in [0.05, 0.1) is 5.69 Å². The van der Waals surface area contributed by atoms with E-state index in [4.69, 9.17) is 5.73 Å². The Morgan fingerprint density at radius 1 is 0.833 bits per heavy atom. The molecular formula is C18H16N4O11S3. The van der Waals surface area contributed by atoms with E-state index in [-0.39, 0.29) is 11.1 Å². The molecule has 7 N–H and O–H groups in total. The van der Waals surface area contributed by atoms with Crippen molar-refractivity contribution < 1.29 is 48.8 Å². The molecule has 18 heteroatoms. The van der Waals surface area contributed by atoms with E-state index in [1.807, 2.05) is 0 Å². The number of hydrogen-bond donors (Lipinski definition) is 6. The summed E-state index contributed by atoms with van der Waals surface area (Å²) in [5.74, 6) is -1.59. The number of anilines is 2. The van der Waals surface area contributed by atoms with Crippen molar-refractivity contribution in [2.24, 2.45) is 10.2 Å². The number of azo groups is 1. The van der Waals surface area contributed by atoms with Gasteiger partial charge in [-0.05, 0) is 36.4 Å². The Labute approximate surface area is 203 Å². The van der Waals surface area contributed by atoms with Crippen molar-refractivity contribution in [3.63, 3.8) is 0 Å². The van der Waals surface area contributed by atoms with E-state index < -0.39 is 79.1 Å². The Morgan fingerprint density at radius 2 is 1.44 bits per heavy atom. The Balaban J connectivity index is 2.35. The van der Waals surface area contributed by atoms with Crippen molar-refractivity contribution in [2.75, 3.05) is 11.1 Å². The summed E-state index contributed by atoms with van der Waals surface area (Å²) in [7, 11) is -15.2. The van der Waals surface area contributed by atoms with Crippen LogP contribution in [0.25, 0.3) is 10.8 Å². The van der Waals surface area contributed by atoms with Crippen molar-refractivity contribution in [3.8, 4) is 5.75 Å². The Kier molecular flexibility index (Phi) is 6.79. The number of phenolic OH excluding ortho intramolecular Hbond substituents is 1. The van der Waals surface area contributed by atoms with Crippen LogP contribution in [0.4, 0.5) is 22.7 Å². The van der Waals surface area contributed by atoms with Crippen molar-refractivity contribution in [1.82, 2.24) is 0 Å². The number of aromatic hydroxyl groups is 1. The molecule has 0 aliphatic heterocycles. The summed E-state index contributed by atoms with van der Waals surface area (Å²) >= 11 is 0. The Bertz CT molecular complexity index is 1780. The second kappa shape index (κ2) is 9.08. The molecule has 0 aliphatic carbocycles. The highest BCUT2D eigenvalue weighted by atomic mass is 32.2. The maximum absolute atomic E-state index is 12.0. The van der Waals surface area contributed by atoms with Gasteiger partial charge in [-0.2, -0.15) is 25.3 Å². The van der Waals surface area contributed by atoms with Gasteiger partial charge in [-0.15, -0.1) is 10.2 Å². The first kappa shape index (κ1) is 26.9. The average Bonchev–Trinajstić information content (AvgIpc) is 2.70. The molecule has 0 bridgehead atoms. The van der Waals surface area contributed by atoms with E-state index in [0.29, 0.717) is 6.07 Å². The highest BCUT2D eigenvalue weighted by Gasteiger charge is 2.27. The standard InChI is InChI=1S/C18H16N4O11S3/c1-8(23)20-9-2-5-13(14(6-9)34(25,26)27)21-22-16-15(35(28,29)30)7-11-10(17(16)24)3-4-12(19)18(11)36(31,32)33/h2-7,24H,19H2,1H3,(H,20,23)(H,25,26,27)(H,28,29,30)(H,31,32,33)/b22-21+. The lowest BCUT2D eigenvalue weighted by atomic mass is 10.1. The van der Waals surface area contributed by atoms with Gasteiger partial charge in [-0.1, -0.05) is 0 Å². The molecule has 0 unspecified atom stereocenters. The van der Waals surface area contributed by atoms with Gasteiger partial charge >= 0.3 is 0 Å². The molecular weight excluding hydrogens is 544 g/mol. The van der Waals surface area contributed by atoms with Crippen LogP contribution in [0.3, 0.4) is 0 Å². The first-order chi connectivity index (χ1) is 16.4. The van der Waals surface area contributed by atoms with Crippen molar-refractivity contribution in [3.05, 3.63) is 36.4 Å². The smallest absolute Gasteiger partial charge is 0.297 e. The van der Waals surface area contributed by atoms with Crippen LogP contribution in [-0.4, -0.2) is 49.9 Å². The SMILES string of the molecule is CC(=O)Nc1ccc(/N=N/c2c(S(=O)(=O)O)cc3c(S(=O)(=O)O)c(N)ccc3c2O)c(S(=O)(=O)O)c1. The van der Waals surface area contributed by atoms with Crippen LogP contribution in [-0.2, 0) is 35.1 Å². The number of hydrogen-bond acceptors (Lipinski definition) is 11. The van der Waals surface area contributed by atoms with Gasteiger partial charge in [-0.3, -0.25) is 18.5 Å². The number of amides is 1. The third-order valence-electron chi connectivity index (χ3n) is 4.57. The second-order valence-electron chi connectivity index (χ2n) is 7.14. The van der Waals surface area contributed by atoms with Gasteiger partial charge in [0.25, 0.3) is 30.4 Å². The number of rotatable bonds is 6. The number of carbonyl (C=O) groups is 1. The maximum Gasteiger partial charge on any atom is 0.297 e. The second-order valence-corrected chi connectivity index (χ2v) is 11.3. The van der Waals surface area contributed by atoms with Crippen LogP contribution in [0.5, 0.6) is 5.75 Å². The number of nitrogens with zero attached hydrogens (tertiary/aromatic N) is 2. The molecule has 0 aromatic heterocycles. The normalized spacial score (nSPS) is 12.8. The number of fused-ring (bicyclic) bond motifs is 1. The molecule has 1 amide bonds. The highest BCUT2D eigenvalue weighted by molar-refractivity contribution is 7.86. The fourth-order valence-corrected chi connectivity index (χ4v) is 5.29. The van der Waals surface area contributed by atoms with Crippen LogP contribution in [0.15, 0.2) is 61.3 Å². The first-order valence-electron chi connectivity index (χ1n) is 9.25. The summed E-state index contributed by atoms with van der Waals surface area (Å²) < 4.78 is 99.9. The minimum absolute atomic E-state index is 0.0448. The molecule has 0 atom stereocenters. The molecule has 0 fully saturated rings. The van der Waals surface area contributed by atoms with Crippen LogP contribution in [0.1, 0.15) is 6.92 Å². The zero-order chi connectivity index (χ0) is 27.2. The molecule has 0 spiro atoms. The van der Waals surface area contributed by atoms with Crippen LogP contribution in [0.2, 0.25) is 0 Å². The third-order valence-corrected chi connectivity index (χ3v) is 7.29. The Hall–Kier alpha value is -3.68. The summed E-state index contributed by atoms with van der Waals surface area (Å²) in [6, 6.07) is 5.59. The predicted molar refractivity (Wildman–Crippen MR) is 124 cm³/mol. The van der Waals surface area contributed by atoms with Gasteiger partial charge < -0.3 is 16.2 Å². The Morgan fingerprint density at radius 3 is 1.97 bits per heavy atom. The van der Waals surface area contributed by atoms with E-state index in [0.717, 1.165) is 31.2 Å². The summed E-state index contributed by atoms with van der Waals surface area (Å²) in [5, 5.41) is 19.0. The minimum Gasteiger partial charge on any atom is -0.505 e. The van der Waals surface area contributed by atoms with E-state index in [1.54, 1.807) is 0 Å². The molecule has 0 radical (unpaired) electrons. The largest absolute Gasteiger partial charge is 0.505 e. The number of nitrogen functional groups attached to an aromatic ring is 1. The maximum atomic E-state index is 12.0. The third kappa shape index (κ3) is 5.42. The fourth-order valence-electron chi connectivity index (χ4n) is 3.18. The van der Waals surface area contributed by atoms with Gasteiger partial charge in [0.2, 0.25) is 5.91 Å². The fraction of sp³-hybridized carbons (Fsp3) is 0.0556. The van der Waals surface area contributed by atoms with E-state index >= 15 is 0 Å². The lowest BCUT2D eigenvalue weighted by Crippen LogP contribution is -2.07. The zero-order valence-corrected chi connectivity index (χ0v) is 20.3. The van der Waals surface area contributed by atoms with E-state index in [9.17, 15) is 48.8 Å². The molecule has 36 heavy (non-hydrogen) atoms. The lowest BCUT2D eigenvalue weighted by molar-refractivity contribution is -0.114. The number of phenols is 1. The molecule has 0 heterocycles. The molecule has 0 saturated heterocycles. The predicted octanol–water partition coefficient (Wildman–Crippen LogP) is 2.24. The van der Waals surface area contributed by atoms with Crippen molar-refractivity contribution in [1.29, 1.82) is 0 Å². The summed E-state index contributed by atoms with van der Waals surface area (Å²) in [4.78, 5) is 8.24. The van der Waals surface area contributed by atoms with E-state index in [2.05, 4.69) is 15.5 Å². The van der Waals surface area contributed by atoms with Gasteiger partial charge in [-0.25, -0.2) is 0 Å². The van der Waals surface area contributed by atoms with Crippen LogP contribution < -0.4 is 11.1 Å². The van der Waals surface area contributed by atoms with Gasteiger partial charge in [0.15, 0.2) is 5.75 Å². The topological polar surface area (TPSA) is 263 Å². The zero-order valence-electron chi connectivity index (χ0n) is 17.8. The molecule has 0 saturated carbocycles. The van der Waals surface area contributed by atoms with Gasteiger partial charge in [0, 0.05) is 23.4 Å². The van der Waals surface area contributed by atoms with Gasteiger partial charge in [0.1, 0.15) is 26.1 Å². The number of carbonyl (C=O) groups excluding carboxylic acids is 1. The number of benzene rings is 3. The van der Waals surface area contributed by atoms with Crippen LogP contribution >= 0.6 is 0 Å². The van der Waals surface area contributed by atoms with Crippen LogP contribution in [0, 0.1) is 0 Å². The van der Waals surface area contributed by atoms with Crippen molar-refractivity contribution in [2.45, 2.75) is 21.6 Å². The molecule has 3 aromatic carbocycles. The summed E-state index contributed by atoms with van der Waals surface area (Å²) in [6.07, 6.45) is 0. The van der Waals surface area contributed by atoms with E-state index in [1.165, 1.54) is 6.07 Å². The minimum atomic E-state index is -5.23. The summed E-state index contributed by atoms with van der Waals surface area (Å²) in [5.41, 5.74) is 3.52. The summed E-state index contributed by atoms with van der Waals surface area (Å²) in [6.45, 7) is 1.14.